The third-order valence-electron chi connectivity index (χ3n) is 5.25. The number of nitrogens with one attached hydrogen (secondary N) is 1. The topological polar surface area (TPSA) is 75.7 Å². The first-order valence-corrected chi connectivity index (χ1v) is 12.1. The molecule has 186 valence electrons. The van der Waals surface area contributed by atoms with Crippen molar-refractivity contribution in [1.29, 1.82) is 0 Å². The standard InChI is InChI=1S/C25H25F3N2O4S/c1-18-11-12-22(15-19(18)2)34-14-13-29-24(31)17-30(35(32,33)23-9-4-3-5-10-23)21-8-6-7-20(16-21)25(26,27)28/h3-12,15-16H,13-14,17H2,1-2H3,(H,29,31). The number of nitrogens with zero attached hydrogens (tertiary/aromatic N) is 1. The van der Waals surface area contributed by atoms with E-state index >= 15 is 0 Å². The second-order valence-corrected chi connectivity index (χ2v) is 9.68. The second kappa shape index (κ2) is 10.8. The average molecular weight is 507 g/mol. The summed E-state index contributed by atoms with van der Waals surface area (Å²) in [7, 11) is -4.32. The number of halogens is 3. The van der Waals surface area contributed by atoms with Gasteiger partial charge in [0.05, 0.1) is 22.7 Å². The summed E-state index contributed by atoms with van der Waals surface area (Å²) in [5.74, 6) is -0.0646. The molecule has 35 heavy (non-hydrogen) atoms. The van der Waals surface area contributed by atoms with Crippen LogP contribution in [-0.2, 0) is 21.0 Å². The van der Waals surface area contributed by atoms with E-state index in [2.05, 4.69) is 5.32 Å². The molecule has 0 radical (unpaired) electrons. The molecule has 0 unspecified atom stereocenters. The third-order valence-corrected chi connectivity index (χ3v) is 7.04. The van der Waals surface area contributed by atoms with Crippen molar-refractivity contribution in [3.63, 3.8) is 0 Å². The van der Waals surface area contributed by atoms with Gasteiger partial charge < -0.3 is 10.1 Å². The number of ether oxygens (including phenoxy) is 1. The highest BCUT2D eigenvalue weighted by Gasteiger charge is 2.33. The van der Waals surface area contributed by atoms with Crippen molar-refractivity contribution >= 4 is 21.6 Å². The lowest BCUT2D eigenvalue weighted by Crippen LogP contribution is -2.42. The van der Waals surface area contributed by atoms with Crippen LogP contribution in [0.5, 0.6) is 5.75 Å². The molecule has 0 saturated carbocycles. The van der Waals surface area contributed by atoms with Crippen LogP contribution in [0.25, 0.3) is 0 Å². The summed E-state index contributed by atoms with van der Waals surface area (Å²) in [5.41, 5.74) is 0.866. The van der Waals surface area contributed by atoms with Crippen LogP contribution in [0.2, 0.25) is 0 Å². The van der Waals surface area contributed by atoms with Gasteiger partial charge in [0.1, 0.15) is 18.9 Å². The molecule has 6 nitrogen and oxygen atoms in total. The van der Waals surface area contributed by atoms with E-state index in [1.807, 2.05) is 26.0 Å². The summed E-state index contributed by atoms with van der Waals surface area (Å²) in [6, 6.07) is 16.6. The molecule has 0 aliphatic rings. The van der Waals surface area contributed by atoms with Crippen molar-refractivity contribution in [3.8, 4) is 5.75 Å². The van der Waals surface area contributed by atoms with Gasteiger partial charge in [-0.2, -0.15) is 13.2 Å². The lowest BCUT2D eigenvalue weighted by Gasteiger charge is -2.25. The molecule has 1 N–H and O–H groups in total. The smallest absolute Gasteiger partial charge is 0.416 e. The maximum atomic E-state index is 13.2. The Kier molecular flexibility index (Phi) is 8.06. The van der Waals surface area contributed by atoms with Crippen molar-refractivity contribution in [3.05, 3.63) is 89.5 Å². The van der Waals surface area contributed by atoms with Crippen LogP contribution in [0.15, 0.2) is 77.7 Å². The molecule has 0 bridgehead atoms. The van der Waals surface area contributed by atoms with Crippen molar-refractivity contribution < 1.29 is 31.1 Å². The molecule has 0 fully saturated rings. The predicted molar refractivity (Wildman–Crippen MR) is 127 cm³/mol. The number of alkyl halides is 3. The van der Waals surface area contributed by atoms with E-state index in [1.54, 1.807) is 12.1 Å². The Hall–Kier alpha value is -3.53. The van der Waals surface area contributed by atoms with Crippen molar-refractivity contribution in [1.82, 2.24) is 5.32 Å². The number of benzene rings is 3. The summed E-state index contributed by atoms with van der Waals surface area (Å²) in [6.45, 7) is 3.41. The zero-order chi connectivity index (χ0) is 25.6. The summed E-state index contributed by atoms with van der Waals surface area (Å²) < 4.78 is 72.5. The first-order chi connectivity index (χ1) is 16.5. The summed E-state index contributed by atoms with van der Waals surface area (Å²) in [4.78, 5) is 12.5. The molecule has 1 amide bonds. The van der Waals surface area contributed by atoms with E-state index in [9.17, 15) is 26.4 Å². The quantitative estimate of drug-likeness (QED) is 0.427. The number of hydrogen-bond acceptors (Lipinski definition) is 4. The first-order valence-electron chi connectivity index (χ1n) is 10.7. The summed E-state index contributed by atoms with van der Waals surface area (Å²) >= 11 is 0. The highest BCUT2D eigenvalue weighted by atomic mass is 32.2. The van der Waals surface area contributed by atoms with Crippen LogP contribution in [0.3, 0.4) is 0 Å². The molecule has 0 heterocycles. The maximum Gasteiger partial charge on any atom is 0.416 e. The Morgan fingerprint density at radius 1 is 0.943 bits per heavy atom. The number of sulfonamides is 1. The molecule has 10 heteroatoms. The van der Waals surface area contributed by atoms with E-state index < -0.39 is 34.2 Å². The number of rotatable bonds is 9. The van der Waals surface area contributed by atoms with Gasteiger partial charge in [0.25, 0.3) is 10.0 Å². The molecule has 3 aromatic carbocycles. The normalized spacial score (nSPS) is 11.7. The Bertz CT molecular complexity index is 1280. The van der Waals surface area contributed by atoms with Gasteiger partial charge in [-0.3, -0.25) is 9.10 Å². The summed E-state index contributed by atoms with van der Waals surface area (Å²) in [6.07, 6.45) is -4.67. The van der Waals surface area contributed by atoms with Gasteiger partial charge in [0.2, 0.25) is 5.91 Å². The average Bonchev–Trinajstić information content (AvgIpc) is 2.82. The lowest BCUT2D eigenvalue weighted by molar-refractivity contribution is -0.137. The zero-order valence-electron chi connectivity index (χ0n) is 19.2. The second-order valence-electron chi connectivity index (χ2n) is 7.82. The van der Waals surface area contributed by atoms with Gasteiger partial charge in [-0.25, -0.2) is 8.42 Å². The van der Waals surface area contributed by atoms with Crippen LogP contribution in [0.4, 0.5) is 18.9 Å². The number of carbonyl (C=O) groups excluding carboxylic acids is 1. The molecular formula is C25H25F3N2O4S. The minimum absolute atomic E-state index is 0.0770. The lowest BCUT2D eigenvalue weighted by atomic mass is 10.1. The first kappa shape index (κ1) is 26.1. The van der Waals surface area contributed by atoms with Gasteiger partial charge in [-0.05, 0) is 67.4 Å². The minimum Gasteiger partial charge on any atom is -0.492 e. The van der Waals surface area contributed by atoms with Gasteiger partial charge in [0, 0.05) is 0 Å². The van der Waals surface area contributed by atoms with Gasteiger partial charge in [0.15, 0.2) is 0 Å². The fourth-order valence-corrected chi connectivity index (χ4v) is 4.66. The number of carbonyl (C=O) groups is 1. The Balaban J connectivity index is 1.75. The molecule has 0 aromatic heterocycles. The fourth-order valence-electron chi connectivity index (χ4n) is 3.22. The SMILES string of the molecule is Cc1ccc(OCCNC(=O)CN(c2cccc(C(F)(F)F)c2)S(=O)(=O)c2ccccc2)cc1C. The molecule has 3 rings (SSSR count). The van der Waals surface area contributed by atoms with Crippen molar-refractivity contribution in [2.24, 2.45) is 0 Å². The van der Waals surface area contributed by atoms with Crippen LogP contribution >= 0.6 is 0 Å². The van der Waals surface area contributed by atoms with E-state index in [0.717, 1.165) is 23.3 Å². The van der Waals surface area contributed by atoms with Crippen molar-refractivity contribution in [2.45, 2.75) is 24.9 Å². The monoisotopic (exact) mass is 506 g/mol. The number of hydrogen-bond donors (Lipinski definition) is 1. The van der Waals surface area contributed by atoms with Crippen LogP contribution < -0.4 is 14.4 Å². The molecular weight excluding hydrogens is 481 g/mol. The maximum absolute atomic E-state index is 13.2. The molecule has 0 atom stereocenters. The van der Waals surface area contributed by atoms with E-state index in [-0.39, 0.29) is 23.7 Å². The Labute approximate surface area is 202 Å². The Morgan fingerprint density at radius 2 is 1.66 bits per heavy atom. The fraction of sp³-hybridized carbons (Fsp3) is 0.240. The Morgan fingerprint density at radius 3 is 2.31 bits per heavy atom. The van der Waals surface area contributed by atoms with Gasteiger partial charge in [-0.15, -0.1) is 0 Å². The number of aryl methyl sites for hydroxylation is 2. The zero-order valence-corrected chi connectivity index (χ0v) is 20.0. The molecule has 0 aliphatic carbocycles. The van der Waals surface area contributed by atoms with Gasteiger partial charge >= 0.3 is 6.18 Å². The molecule has 0 saturated heterocycles. The van der Waals surface area contributed by atoms with E-state index in [1.165, 1.54) is 30.3 Å². The molecule has 3 aromatic rings. The largest absolute Gasteiger partial charge is 0.492 e. The van der Waals surface area contributed by atoms with Crippen molar-refractivity contribution in [2.75, 3.05) is 24.0 Å². The highest BCUT2D eigenvalue weighted by Crippen LogP contribution is 2.33. The molecule has 0 aliphatic heterocycles. The van der Waals surface area contributed by atoms with E-state index in [4.69, 9.17) is 4.74 Å². The van der Waals surface area contributed by atoms with Crippen LogP contribution in [0.1, 0.15) is 16.7 Å². The number of amides is 1. The molecule has 0 spiro atoms. The summed E-state index contributed by atoms with van der Waals surface area (Å²) in [5, 5.41) is 2.56. The highest BCUT2D eigenvalue weighted by molar-refractivity contribution is 7.92. The minimum atomic E-state index is -4.67. The third kappa shape index (κ3) is 6.75. The van der Waals surface area contributed by atoms with E-state index in [0.29, 0.717) is 16.1 Å². The van der Waals surface area contributed by atoms with Crippen LogP contribution in [-0.4, -0.2) is 34.0 Å². The van der Waals surface area contributed by atoms with Gasteiger partial charge in [-0.1, -0.05) is 30.3 Å². The number of anilines is 1. The van der Waals surface area contributed by atoms with Crippen LogP contribution in [0, 0.1) is 13.8 Å². The predicted octanol–water partition coefficient (Wildman–Crippen LogP) is 4.71.